The maximum atomic E-state index is 12.0. The lowest BCUT2D eigenvalue weighted by molar-refractivity contribution is 0.102. The van der Waals surface area contributed by atoms with E-state index in [1.165, 1.54) is 0 Å². The third kappa shape index (κ3) is 2.70. The van der Waals surface area contributed by atoms with E-state index in [1.54, 1.807) is 49.3 Å². The van der Waals surface area contributed by atoms with Gasteiger partial charge in [-0.3, -0.25) is 9.48 Å². The van der Waals surface area contributed by atoms with Crippen molar-refractivity contribution < 1.29 is 9.53 Å². The van der Waals surface area contributed by atoms with E-state index in [2.05, 4.69) is 26.3 Å². The van der Waals surface area contributed by atoms with E-state index in [0.29, 0.717) is 15.9 Å². The van der Waals surface area contributed by atoms with E-state index in [-0.39, 0.29) is 5.91 Å². The van der Waals surface area contributed by atoms with Crippen LogP contribution in [-0.2, 0) is 7.05 Å². The number of amides is 1. The van der Waals surface area contributed by atoms with Crippen molar-refractivity contribution in [3.05, 3.63) is 40.6 Å². The van der Waals surface area contributed by atoms with Crippen LogP contribution in [0.3, 0.4) is 0 Å². The Morgan fingerprint density at radius 3 is 2.56 bits per heavy atom. The van der Waals surface area contributed by atoms with Crippen molar-refractivity contribution in [3.63, 3.8) is 0 Å². The molecule has 1 amide bonds. The molecular formula is C12H12BrN3O2. The average molecular weight is 310 g/mol. The summed E-state index contributed by atoms with van der Waals surface area (Å²) in [6, 6.07) is 7.10. The fourth-order valence-electron chi connectivity index (χ4n) is 1.48. The van der Waals surface area contributed by atoms with Crippen LogP contribution in [0, 0.1) is 0 Å². The monoisotopic (exact) mass is 309 g/mol. The van der Waals surface area contributed by atoms with E-state index in [9.17, 15) is 4.79 Å². The molecule has 0 saturated carbocycles. The molecule has 0 aliphatic rings. The Hall–Kier alpha value is -1.82. The van der Waals surface area contributed by atoms with Crippen LogP contribution in [0.25, 0.3) is 0 Å². The van der Waals surface area contributed by atoms with Crippen molar-refractivity contribution in [1.29, 1.82) is 0 Å². The molecule has 18 heavy (non-hydrogen) atoms. The topological polar surface area (TPSA) is 56.1 Å². The standard InChI is InChI=1S/C12H12BrN3O2/c1-16-7-10(13)11(15-16)12(17)14-8-3-5-9(18-2)6-4-8/h3-7H,1-2H3,(H,14,17). The second-order valence-electron chi connectivity index (χ2n) is 3.68. The first-order valence-corrected chi connectivity index (χ1v) is 6.04. The predicted octanol–water partition coefficient (Wildman–Crippen LogP) is 2.44. The number of ether oxygens (including phenoxy) is 1. The van der Waals surface area contributed by atoms with Gasteiger partial charge in [0, 0.05) is 18.9 Å². The van der Waals surface area contributed by atoms with Gasteiger partial charge in [-0.2, -0.15) is 5.10 Å². The van der Waals surface area contributed by atoms with Gasteiger partial charge in [0.05, 0.1) is 11.6 Å². The molecule has 1 N–H and O–H groups in total. The number of nitrogens with zero attached hydrogens (tertiary/aromatic N) is 2. The summed E-state index contributed by atoms with van der Waals surface area (Å²) in [6.45, 7) is 0. The molecule has 6 heteroatoms. The zero-order valence-electron chi connectivity index (χ0n) is 9.98. The zero-order chi connectivity index (χ0) is 13.1. The van der Waals surface area contributed by atoms with Crippen LogP contribution in [0.4, 0.5) is 5.69 Å². The van der Waals surface area contributed by atoms with Gasteiger partial charge >= 0.3 is 0 Å². The molecule has 2 aromatic rings. The minimum Gasteiger partial charge on any atom is -0.497 e. The molecule has 1 aromatic heterocycles. The number of rotatable bonds is 3. The van der Waals surface area contributed by atoms with Crippen molar-refractivity contribution in [1.82, 2.24) is 9.78 Å². The Morgan fingerprint density at radius 2 is 2.06 bits per heavy atom. The molecule has 1 aromatic carbocycles. The first-order valence-electron chi connectivity index (χ1n) is 5.24. The molecular weight excluding hydrogens is 298 g/mol. The Morgan fingerprint density at radius 1 is 1.39 bits per heavy atom. The van der Waals surface area contributed by atoms with Gasteiger partial charge in [-0.25, -0.2) is 0 Å². The number of nitrogens with one attached hydrogen (secondary N) is 1. The van der Waals surface area contributed by atoms with Crippen LogP contribution < -0.4 is 10.1 Å². The van der Waals surface area contributed by atoms with Crippen LogP contribution in [0.15, 0.2) is 34.9 Å². The molecule has 94 valence electrons. The maximum absolute atomic E-state index is 12.0. The Balaban J connectivity index is 2.13. The highest BCUT2D eigenvalue weighted by Gasteiger charge is 2.14. The highest BCUT2D eigenvalue weighted by atomic mass is 79.9. The SMILES string of the molecule is COc1ccc(NC(=O)c2nn(C)cc2Br)cc1. The maximum Gasteiger partial charge on any atom is 0.277 e. The van der Waals surface area contributed by atoms with Gasteiger partial charge < -0.3 is 10.1 Å². The molecule has 0 spiro atoms. The zero-order valence-corrected chi connectivity index (χ0v) is 11.6. The van der Waals surface area contributed by atoms with Gasteiger partial charge in [0.25, 0.3) is 5.91 Å². The van der Waals surface area contributed by atoms with Crippen molar-refractivity contribution in [2.45, 2.75) is 0 Å². The van der Waals surface area contributed by atoms with E-state index < -0.39 is 0 Å². The smallest absolute Gasteiger partial charge is 0.277 e. The van der Waals surface area contributed by atoms with Gasteiger partial charge in [0.2, 0.25) is 0 Å². The third-order valence-corrected chi connectivity index (χ3v) is 2.93. The minimum atomic E-state index is -0.257. The van der Waals surface area contributed by atoms with Crippen molar-refractivity contribution in [3.8, 4) is 5.75 Å². The van der Waals surface area contributed by atoms with E-state index in [4.69, 9.17) is 4.74 Å². The summed E-state index contributed by atoms with van der Waals surface area (Å²) >= 11 is 3.29. The summed E-state index contributed by atoms with van der Waals surface area (Å²) in [4.78, 5) is 12.0. The Labute approximate surface area is 113 Å². The first kappa shape index (κ1) is 12.6. The number of aryl methyl sites for hydroxylation is 1. The number of benzene rings is 1. The molecule has 0 bridgehead atoms. The number of anilines is 1. The van der Waals surface area contributed by atoms with Crippen LogP contribution in [-0.4, -0.2) is 22.8 Å². The van der Waals surface area contributed by atoms with Crippen molar-refractivity contribution >= 4 is 27.5 Å². The second kappa shape index (κ2) is 5.22. The molecule has 1 heterocycles. The highest BCUT2D eigenvalue weighted by molar-refractivity contribution is 9.10. The fourth-order valence-corrected chi connectivity index (χ4v) is 2.03. The van der Waals surface area contributed by atoms with Crippen LogP contribution in [0.5, 0.6) is 5.75 Å². The fraction of sp³-hybridized carbons (Fsp3) is 0.167. The highest BCUT2D eigenvalue weighted by Crippen LogP contribution is 2.18. The summed E-state index contributed by atoms with van der Waals surface area (Å²) < 4.78 is 7.28. The number of hydrogen-bond donors (Lipinski definition) is 1. The summed E-state index contributed by atoms with van der Waals surface area (Å²) in [7, 11) is 3.35. The molecule has 0 aliphatic heterocycles. The minimum absolute atomic E-state index is 0.257. The van der Waals surface area contributed by atoms with Crippen molar-refractivity contribution in [2.24, 2.45) is 7.05 Å². The van der Waals surface area contributed by atoms with Gasteiger partial charge in [0.15, 0.2) is 5.69 Å². The second-order valence-corrected chi connectivity index (χ2v) is 4.54. The summed E-state index contributed by atoms with van der Waals surface area (Å²) in [5.74, 6) is 0.486. The Kier molecular flexibility index (Phi) is 3.66. The quantitative estimate of drug-likeness (QED) is 0.947. The number of halogens is 1. The van der Waals surface area contributed by atoms with Gasteiger partial charge in [0.1, 0.15) is 5.75 Å². The number of hydrogen-bond acceptors (Lipinski definition) is 3. The lowest BCUT2D eigenvalue weighted by atomic mass is 10.3. The first-order chi connectivity index (χ1) is 8.60. The van der Waals surface area contributed by atoms with Gasteiger partial charge in [-0.1, -0.05) is 0 Å². The molecule has 0 fully saturated rings. The lowest BCUT2D eigenvalue weighted by Gasteiger charge is -2.04. The van der Waals surface area contributed by atoms with Gasteiger partial charge in [-0.05, 0) is 40.2 Å². The third-order valence-electron chi connectivity index (χ3n) is 2.35. The molecule has 0 atom stereocenters. The number of carbonyl (C=O) groups is 1. The van der Waals surface area contributed by atoms with E-state index in [0.717, 1.165) is 5.75 Å². The van der Waals surface area contributed by atoms with Crippen molar-refractivity contribution in [2.75, 3.05) is 12.4 Å². The van der Waals surface area contributed by atoms with Gasteiger partial charge in [-0.15, -0.1) is 0 Å². The molecule has 0 radical (unpaired) electrons. The predicted molar refractivity (Wildman–Crippen MR) is 71.9 cm³/mol. The lowest BCUT2D eigenvalue weighted by Crippen LogP contribution is -2.13. The van der Waals surface area contributed by atoms with E-state index >= 15 is 0 Å². The molecule has 5 nitrogen and oxygen atoms in total. The molecule has 0 saturated heterocycles. The van der Waals surface area contributed by atoms with E-state index in [1.807, 2.05) is 0 Å². The number of carbonyl (C=O) groups excluding carboxylic acids is 1. The number of methoxy groups -OCH3 is 1. The number of aromatic nitrogens is 2. The van der Waals surface area contributed by atoms with Crippen LogP contribution >= 0.6 is 15.9 Å². The summed E-state index contributed by atoms with van der Waals surface area (Å²) in [6.07, 6.45) is 1.73. The average Bonchev–Trinajstić information content (AvgIpc) is 2.69. The Bertz CT molecular complexity index is 563. The van der Waals surface area contributed by atoms with Crippen LogP contribution in [0.2, 0.25) is 0 Å². The summed E-state index contributed by atoms with van der Waals surface area (Å²) in [5.41, 5.74) is 1.05. The largest absolute Gasteiger partial charge is 0.497 e. The molecule has 0 unspecified atom stereocenters. The molecule has 2 rings (SSSR count). The van der Waals surface area contributed by atoms with Crippen LogP contribution in [0.1, 0.15) is 10.5 Å². The normalized spacial score (nSPS) is 10.2. The molecule has 0 aliphatic carbocycles. The summed E-state index contributed by atoms with van der Waals surface area (Å²) in [5, 5.41) is 6.84.